The summed E-state index contributed by atoms with van der Waals surface area (Å²) in [7, 11) is 0. The number of aryl methyl sites for hydroxylation is 1. The number of aliphatic hydroxyl groups excluding tert-OH is 4. The number of carboxylic acids is 1. The molecule has 16 heteroatoms. The van der Waals surface area contributed by atoms with Gasteiger partial charge in [-0.3, -0.25) is 4.98 Å². The molecule has 4 atom stereocenters. The minimum atomic E-state index is -5.08. The van der Waals surface area contributed by atoms with Gasteiger partial charge >= 0.3 is 12.1 Å². The molecular formula is C21H25ClF3N5O7. The summed E-state index contributed by atoms with van der Waals surface area (Å²) < 4.78 is 37.7. The lowest BCUT2D eigenvalue weighted by Gasteiger charge is -2.20. The van der Waals surface area contributed by atoms with Crippen LogP contribution in [0.5, 0.6) is 0 Å². The first-order valence-corrected chi connectivity index (χ1v) is 11.0. The van der Waals surface area contributed by atoms with Crippen molar-refractivity contribution in [3.05, 3.63) is 28.7 Å². The number of carboxylic acid groups (broad SMARTS) is 1. The zero-order valence-corrected chi connectivity index (χ0v) is 19.8. The van der Waals surface area contributed by atoms with E-state index in [2.05, 4.69) is 20.3 Å². The highest BCUT2D eigenvalue weighted by Gasteiger charge is 2.42. The molecule has 3 heterocycles. The fourth-order valence-corrected chi connectivity index (χ4v) is 4.14. The number of hydrogen-bond donors (Lipinski definition) is 7. The van der Waals surface area contributed by atoms with Crippen LogP contribution in [0.1, 0.15) is 19.2 Å². The van der Waals surface area contributed by atoms with Gasteiger partial charge in [-0.1, -0.05) is 11.6 Å². The Morgan fingerprint density at radius 2 is 1.89 bits per heavy atom. The van der Waals surface area contributed by atoms with Crippen LogP contribution in [0.25, 0.3) is 22.3 Å². The smallest absolute Gasteiger partial charge is 0.475 e. The lowest BCUT2D eigenvalue weighted by molar-refractivity contribution is -0.192. The molecule has 0 saturated heterocycles. The molecule has 1 saturated carbocycles. The number of aromatic nitrogens is 3. The normalized spacial score (nSPS) is 21.5. The number of nitrogens with two attached hydrogens (primary N) is 1. The highest BCUT2D eigenvalue weighted by atomic mass is 35.5. The van der Waals surface area contributed by atoms with Crippen LogP contribution in [0.2, 0.25) is 5.15 Å². The maximum atomic E-state index is 10.6. The minimum Gasteiger partial charge on any atom is -0.475 e. The first-order valence-electron chi connectivity index (χ1n) is 10.6. The fourth-order valence-electron chi connectivity index (χ4n) is 3.87. The standard InChI is InChI=1S/C19H22ClN5O5.C2HF3O2.H2/c1-7-16-8(2-10(6-27)22-7)4-12(30-16)13-17(20)24-19(21)25-18(13)23-11-3-9(5-26)14(28)15(11)29;3-2(4,5)1(6)7;/h2,4,9,11,14-15,26-29H,3,5-6H2,1H3,(H3,21,23,24,25);(H,6,7);1H/t9-,11-,14-,15+;;/m1../s1. The maximum absolute atomic E-state index is 10.6. The van der Waals surface area contributed by atoms with Gasteiger partial charge in [0.15, 0.2) is 5.58 Å². The number of alkyl halides is 3. The molecule has 0 radical (unpaired) electrons. The van der Waals surface area contributed by atoms with Crippen molar-refractivity contribution in [3.63, 3.8) is 0 Å². The Hall–Kier alpha value is -3.24. The van der Waals surface area contributed by atoms with Crippen LogP contribution >= 0.6 is 11.6 Å². The molecular weight excluding hydrogens is 527 g/mol. The van der Waals surface area contributed by atoms with Crippen LogP contribution in [0, 0.1) is 12.8 Å². The van der Waals surface area contributed by atoms with E-state index in [-0.39, 0.29) is 31.6 Å². The second-order valence-electron chi connectivity index (χ2n) is 8.20. The van der Waals surface area contributed by atoms with Gasteiger partial charge in [0.1, 0.15) is 22.8 Å². The molecule has 1 aliphatic rings. The number of carbonyl (C=O) groups is 1. The quantitative estimate of drug-likeness (QED) is 0.226. The number of nitrogens with one attached hydrogen (secondary N) is 1. The third-order valence-corrected chi connectivity index (χ3v) is 5.89. The van der Waals surface area contributed by atoms with E-state index in [9.17, 15) is 33.6 Å². The first-order chi connectivity index (χ1) is 17.3. The summed E-state index contributed by atoms with van der Waals surface area (Å²) >= 11 is 6.36. The Kier molecular flexibility index (Phi) is 8.44. The molecule has 0 amide bonds. The van der Waals surface area contributed by atoms with E-state index in [1.165, 1.54) is 0 Å². The van der Waals surface area contributed by atoms with Gasteiger partial charge < -0.3 is 41.0 Å². The molecule has 3 aromatic heterocycles. The van der Waals surface area contributed by atoms with Gasteiger partial charge in [-0.2, -0.15) is 18.2 Å². The van der Waals surface area contributed by atoms with Crippen molar-refractivity contribution in [1.29, 1.82) is 0 Å². The van der Waals surface area contributed by atoms with Crippen LogP contribution in [-0.2, 0) is 11.4 Å². The molecule has 1 fully saturated rings. The van der Waals surface area contributed by atoms with Gasteiger partial charge in [0.25, 0.3) is 0 Å². The summed E-state index contributed by atoms with van der Waals surface area (Å²) in [5, 5.41) is 50.2. The Balaban J connectivity index is 0.000000561. The molecule has 37 heavy (non-hydrogen) atoms. The third-order valence-electron chi connectivity index (χ3n) is 5.61. The summed E-state index contributed by atoms with van der Waals surface area (Å²) in [5.41, 5.74) is 7.73. The predicted octanol–water partition coefficient (Wildman–Crippen LogP) is 1.71. The summed E-state index contributed by atoms with van der Waals surface area (Å²) in [6.07, 6.45) is -6.94. The number of halogens is 4. The molecule has 0 bridgehead atoms. The summed E-state index contributed by atoms with van der Waals surface area (Å²) in [6, 6.07) is 2.85. The Morgan fingerprint density at radius 1 is 1.24 bits per heavy atom. The minimum absolute atomic E-state index is 0. The van der Waals surface area contributed by atoms with Gasteiger partial charge in [0.05, 0.1) is 35.7 Å². The van der Waals surface area contributed by atoms with Crippen molar-refractivity contribution in [1.82, 2.24) is 15.0 Å². The zero-order chi connectivity index (χ0) is 27.7. The summed E-state index contributed by atoms with van der Waals surface area (Å²) in [5.74, 6) is -2.71. The average molecular weight is 552 g/mol. The number of nitrogens with zero attached hydrogens (tertiary/aromatic N) is 3. The fraction of sp³-hybridized carbons (Fsp3) is 0.429. The van der Waals surface area contributed by atoms with E-state index in [1.54, 1.807) is 19.1 Å². The van der Waals surface area contributed by atoms with E-state index in [0.29, 0.717) is 34.7 Å². The number of furan rings is 1. The van der Waals surface area contributed by atoms with Gasteiger partial charge in [-0.25, -0.2) is 9.78 Å². The largest absolute Gasteiger partial charge is 0.490 e. The third kappa shape index (κ3) is 6.19. The maximum Gasteiger partial charge on any atom is 0.490 e. The second kappa shape index (κ2) is 11.0. The van der Waals surface area contributed by atoms with Crippen molar-refractivity contribution in [2.45, 2.75) is 44.4 Å². The lowest BCUT2D eigenvalue weighted by atomic mass is 10.1. The molecule has 0 unspecified atom stereocenters. The van der Waals surface area contributed by atoms with E-state index in [1.807, 2.05) is 0 Å². The Labute approximate surface area is 213 Å². The van der Waals surface area contributed by atoms with Crippen LogP contribution in [0.3, 0.4) is 0 Å². The first kappa shape index (κ1) is 28.3. The van der Waals surface area contributed by atoms with Gasteiger partial charge in [-0.05, 0) is 25.5 Å². The number of aliphatic hydroxyl groups is 4. The Bertz CT molecular complexity index is 1300. The van der Waals surface area contributed by atoms with E-state index in [0.717, 1.165) is 5.39 Å². The number of nitrogen functional groups attached to an aromatic ring is 1. The number of pyridine rings is 1. The van der Waals surface area contributed by atoms with Crippen LogP contribution in [-0.4, -0.2) is 77.5 Å². The van der Waals surface area contributed by atoms with Crippen molar-refractivity contribution in [2.75, 3.05) is 17.7 Å². The highest BCUT2D eigenvalue weighted by Crippen LogP contribution is 2.39. The van der Waals surface area contributed by atoms with Crippen molar-refractivity contribution >= 4 is 40.3 Å². The van der Waals surface area contributed by atoms with Crippen LogP contribution < -0.4 is 11.1 Å². The molecule has 0 spiro atoms. The molecule has 3 aromatic rings. The monoisotopic (exact) mass is 551 g/mol. The molecule has 0 aromatic carbocycles. The molecule has 0 aliphatic heterocycles. The van der Waals surface area contributed by atoms with E-state index >= 15 is 0 Å². The van der Waals surface area contributed by atoms with E-state index in [4.69, 9.17) is 31.7 Å². The van der Waals surface area contributed by atoms with Crippen LogP contribution in [0.4, 0.5) is 24.9 Å². The SMILES string of the molecule is Cc1nc(CO)cc2cc(-c3c(Cl)nc(N)nc3N[C@@H]3C[C@H](CO)[C@@H](O)[C@H]3O)oc12.O=C(O)C(F)(F)F.[HH]. The van der Waals surface area contributed by atoms with E-state index < -0.39 is 36.3 Å². The Morgan fingerprint density at radius 3 is 2.43 bits per heavy atom. The number of hydrogen-bond acceptors (Lipinski definition) is 11. The molecule has 204 valence electrons. The van der Waals surface area contributed by atoms with Crippen LogP contribution in [0.15, 0.2) is 16.5 Å². The number of anilines is 2. The molecule has 4 rings (SSSR count). The molecule has 12 nitrogen and oxygen atoms in total. The number of rotatable bonds is 5. The zero-order valence-electron chi connectivity index (χ0n) is 19.1. The van der Waals surface area contributed by atoms with Gasteiger partial charge in [0, 0.05) is 19.3 Å². The number of aliphatic carboxylic acids is 1. The predicted molar refractivity (Wildman–Crippen MR) is 126 cm³/mol. The molecule has 8 N–H and O–H groups in total. The van der Waals surface area contributed by atoms with Crippen molar-refractivity contribution in [3.8, 4) is 11.3 Å². The second-order valence-corrected chi connectivity index (χ2v) is 8.55. The molecule has 1 aliphatic carbocycles. The average Bonchev–Trinajstić information content (AvgIpc) is 3.35. The van der Waals surface area contributed by atoms with Gasteiger partial charge in [-0.15, -0.1) is 0 Å². The van der Waals surface area contributed by atoms with Crippen molar-refractivity contribution in [2.24, 2.45) is 5.92 Å². The highest BCUT2D eigenvalue weighted by molar-refractivity contribution is 6.32. The topological polar surface area (TPSA) is 208 Å². The van der Waals surface area contributed by atoms with Gasteiger partial charge in [0.2, 0.25) is 5.95 Å². The van der Waals surface area contributed by atoms with Crippen molar-refractivity contribution < 1.29 is 49.3 Å². The summed E-state index contributed by atoms with van der Waals surface area (Å²) in [6.45, 7) is 1.31. The number of fused-ring (bicyclic) bond motifs is 1. The summed E-state index contributed by atoms with van der Waals surface area (Å²) in [4.78, 5) is 21.4. The lowest BCUT2D eigenvalue weighted by Crippen LogP contribution is -2.35.